The molecule has 27 N–H and O–H groups in total. The zero-order valence-corrected chi connectivity index (χ0v) is 83.3. The number of aliphatic hydroxyl groups is 1. The van der Waals surface area contributed by atoms with E-state index in [4.69, 9.17) is 28.0 Å². The van der Waals surface area contributed by atoms with E-state index in [9.17, 15) is 48.9 Å². The van der Waals surface area contributed by atoms with Crippen LogP contribution in [0.15, 0.2) is 170 Å². The second-order valence-electron chi connectivity index (χ2n) is 36.7. The van der Waals surface area contributed by atoms with Crippen LogP contribution < -0.4 is 97.0 Å². The molecule has 0 aliphatic carbocycles. The number of aliphatic hydroxyl groups excluding tert-OH is 1. The summed E-state index contributed by atoms with van der Waals surface area (Å²) < 4.78 is 0. The second kappa shape index (κ2) is 57.0. The molecule has 44 heteroatoms. The summed E-state index contributed by atoms with van der Waals surface area (Å²) in [6, 6.07) is 22.3. The molecule has 1 aromatic heterocycles. The highest BCUT2D eigenvalue weighted by molar-refractivity contribution is 8.00. The summed E-state index contributed by atoms with van der Waals surface area (Å²) in [6.45, 7) is 9.30. The lowest BCUT2D eigenvalue weighted by molar-refractivity contribution is -0.148. The number of nitrogens with two attached hydrogens (primary N) is 3. The number of carbonyl (C=O) groups is 17. The van der Waals surface area contributed by atoms with Crippen molar-refractivity contribution in [2.24, 2.45) is 35.0 Å². The number of aromatic hydroxyl groups is 1. The number of carboxylic acid groups (broad SMARTS) is 1. The number of para-hydroxylation sites is 1. The number of hydrogen-bond acceptors (Lipinski definition) is 22. The molecule has 0 saturated carbocycles. The van der Waals surface area contributed by atoms with E-state index in [1.165, 1.54) is 59.1 Å². The van der Waals surface area contributed by atoms with Crippen molar-refractivity contribution in [3.8, 4) is 16.9 Å². The third-order valence-electron chi connectivity index (χ3n) is 24.2. The number of thioether (sulfide) groups is 1. The molecule has 0 radical (unpaired) electrons. The summed E-state index contributed by atoms with van der Waals surface area (Å²) >= 11 is 0.706. The Morgan fingerprint density at radius 2 is 0.869 bits per heavy atom. The fourth-order valence-electron chi connectivity index (χ4n) is 16.1. The molecule has 16 amide bonds. The summed E-state index contributed by atoms with van der Waals surface area (Å²) in [6.07, 6.45) is -1.14. The molecule has 1 fully saturated rings. The fraction of sp³-hybridized carbons (Fsp3) is 0.436. The van der Waals surface area contributed by atoms with Gasteiger partial charge in [0.25, 0.3) is 0 Å². The molecule has 6 aromatic carbocycles. The normalized spacial score (nSPS) is 22.3. The number of benzene rings is 6. The third kappa shape index (κ3) is 36.8. The fourth-order valence-corrected chi connectivity index (χ4v) is 16.9. The number of fused-ring (bicyclic) bond motifs is 1. The van der Waals surface area contributed by atoms with Gasteiger partial charge < -0.3 is 127 Å². The number of nitrogens with one attached hydrogen (secondary N) is 18. The number of primary amides is 1. The number of hydrogen-bond donors (Lipinski definition) is 24. The van der Waals surface area contributed by atoms with Crippen molar-refractivity contribution >= 4 is 135 Å². The van der Waals surface area contributed by atoms with Crippen LogP contribution in [0.2, 0.25) is 0 Å². The van der Waals surface area contributed by atoms with Gasteiger partial charge in [-0.05, 0) is 120 Å². The number of likely N-dealkylation sites (N-methyl/N-ethyl adjacent to an activating group) is 2. The minimum absolute atomic E-state index is 0.00477. The van der Waals surface area contributed by atoms with Gasteiger partial charge in [-0.1, -0.05) is 187 Å². The maximum absolute atomic E-state index is 15.7. The van der Waals surface area contributed by atoms with Crippen molar-refractivity contribution in [2.45, 2.75) is 210 Å². The van der Waals surface area contributed by atoms with Crippen LogP contribution in [0.25, 0.3) is 22.0 Å². The molecule has 0 bridgehead atoms. The largest absolute Gasteiger partial charge is 0.508 e. The quantitative estimate of drug-likeness (QED) is 0.0155. The molecule has 1 aliphatic rings. The van der Waals surface area contributed by atoms with Crippen molar-refractivity contribution in [1.29, 1.82) is 10.8 Å². The predicted molar refractivity (Wildman–Crippen MR) is 543 cm³/mol. The van der Waals surface area contributed by atoms with Crippen molar-refractivity contribution in [3.05, 3.63) is 198 Å². The van der Waals surface area contributed by atoms with Gasteiger partial charge in [0.05, 0.1) is 25.3 Å². The first-order valence-corrected chi connectivity index (χ1v) is 49.0. The van der Waals surface area contributed by atoms with E-state index in [2.05, 4.69) is 84.7 Å². The summed E-state index contributed by atoms with van der Waals surface area (Å²) in [4.78, 5) is 256. The topological polar surface area (TPSA) is 679 Å². The summed E-state index contributed by atoms with van der Waals surface area (Å²) in [5, 5.41) is 87.4. The average molecular weight is 2020 g/mol. The Morgan fingerprint density at radius 1 is 0.441 bits per heavy atom. The number of H-pyrrole nitrogens is 1. The summed E-state index contributed by atoms with van der Waals surface area (Å²) in [5.74, 6) is -21.9. The maximum atomic E-state index is 15.7. The van der Waals surface area contributed by atoms with E-state index in [1.54, 1.807) is 143 Å². The number of aliphatic carboxylic acids is 1. The van der Waals surface area contributed by atoms with Crippen molar-refractivity contribution in [1.82, 2.24) is 94.5 Å². The molecular weight excluding hydrogens is 1890 g/mol. The molecule has 1 aliphatic heterocycles. The molecule has 2 heterocycles. The minimum Gasteiger partial charge on any atom is -0.508 e. The van der Waals surface area contributed by atoms with Gasteiger partial charge in [-0.2, -0.15) is 0 Å². The SMILES string of the molecule is CC(C)C[C@@H]1NC(=O)[C@H](CCCNC(=N)N)NC(=O)[C@H](Cc2ccccc2)N(C)C(=O)[C@H](C)N(C)C(=O)[C@H](CCCCNC(=N)N)NC(=O)[C@H](Cc2ccc(-c3ccccc3)cc2)NC(=O)[C@H](C(C)C)NC(=O)[C@H](Cc2c[nH]c3ccccc23)NC(=O)[C@H](CC(=O)O)NC(=O)[C@H](Cc2ccc(O)cc2)NC(=O)[C@H](Cc2ccccc2)NC(=O)CSC[C@@H](C(=O)NCC(N)=O)NC(=O)[C@H](CO)NC(=O)[C@H](C(C)C)NC1=O. The highest BCUT2D eigenvalue weighted by Crippen LogP contribution is 2.25. The number of nitrogens with zero attached hydrogens (tertiary/aromatic N) is 2. The number of phenols is 1. The number of phenolic OH excluding ortho intramolecular Hbond substituents is 1. The van der Waals surface area contributed by atoms with Crippen LogP contribution in [0.1, 0.15) is 121 Å². The van der Waals surface area contributed by atoms with Crippen LogP contribution >= 0.6 is 11.8 Å². The van der Waals surface area contributed by atoms with Gasteiger partial charge >= 0.3 is 5.97 Å². The van der Waals surface area contributed by atoms with Crippen molar-refractivity contribution in [2.75, 3.05) is 51.8 Å². The Morgan fingerprint density at radius 3 is 1.41 bits per heavy atom. The highest BCUT2D eigenvalue weighted by atomic mass is 32.2. The maximum Gasteiger partial charge on any atom is 0.305 e. The number of unbranched alkanes of at least 4 members (excludes halogenated alkanes) is 1. The molecule has 14 atom stereocenters. The van der Waals surface area contributed by atoms with Crippen molar-refractivity contribution < 1.29 is 96.8 Å². The van der Waals surface area contributed by atoms with Gasteiger partial charge in [-0.25, -0.2) is 0 Å². The standard InChI is InChI=1S/C101H135N23O20S/c1-56(2)44-72-92(137)121-85(58(5)6)97(142)119-78(53-125)94(139)120-79(86(131)110-52-81(102)127)54-145-55-82(128)111-73(45-60-24-13-10-14-25-60)88(133)115-74(47-63-36-40-67(126)41-37-63)90(135)117-77(50-83(129)130)91(136)116-76(49-66-51-109-69-31-20-19-30-68(66)69)93(138)122-84(57(3)4)96(141)118-75(46-62-34-38-65(39-35-62)64-28-17-12-18-29-64)89(134)113-71(32-21-22-42-107-100(103)104)99(144)123(8)59(7)98(143)124(9)80(48-61-26-15-11-16-27-61)95(140)112-70(87(132)114-72)33-23-43-108-101(105)106/h10-20,24-31,34-41,51,56-59,70-80,84-85,109,125-126H,21-23,32-33,42-50,52-55H2,1-9H3,(H2,102,127)(H,110,131)(H,111,128)(H,112,140)(H,113,134)(H,114,132)(H,115,133)(H,116,136)(H,117,135)(H,118,141)(H,119,142)(H,120,139)(H,121,137)(H,122,138)(H,129,130)(H4,103,104,107)(H4,105,106,108)/t59-,70-,71-,72-,73-,74-,75-,76-,77-,78-,79-,80-,84-,85-/m0/s1. The van der Waals surface area contributed by atoms with Gasteiger partial charge in [-0.3, -0.25) is 92.3 Å². The van der Waals surface area contributed by atoms with Crippen LogP contribution in [-0.4, -0.2) is 279 Å². The van der Waals surface area contributed by atoms with Gasteiger partial charge in [0.2, 0.25) is 94.5 Å². The van der Waals surface area contributed by atoms with E-state index in [0.29, 0.717) is 44.9 Å². The van der Waals surface area contributed by atoms with E-state index < -0.39 is 240 Å². The number of aromatic amines is 1. The molecule has 780 valence electrons. The zero-order chi connectivity index (χ0) is 106. The number of rotatable bonds is 30. The third-order valence-corrected chi connectivity index (χ3v) is 25.2. The molecule has 1 saturated heterocycles. The minimum atomic E-state index is -2.08. The monoisotopic (exact) mass is 2020 g/mol. The van der Waals surface area contributed by atoms with Crippen LogP contribution in [0, 0.1) is 28.6 Å². The molecule has 8 rings (SSSR count). The van der Waals surface area contributed by atoms with E-state index in [0.717, 1.165) is 20.9 Å². The van der Waals surface area contributed by atoms with Crippen LogP contribution in [0.3, 0.4) is 0 Å². The first kappa shape index (κ1) is 115. The Bertz CT molecular complexity index is 5650. The smallest absolute Gasteiger partial charge is 0.305 e. The van der Waals surface area contributed by atoms with Crippen LogP contribution in [0.4, 0.5) is 0 Å². The number of aromatic nitrogens is 1. The molecule has 7 aromatic rings. The van der Waals surface area contributed by atoms with Gasteiger partial charge in [-0.15, -0.1) is 11.8 Å². The lowest BCUT2D eigenvalue weighted by Gasteiger charge is -2.35. The Labute approximate surface area is 844 Å². The van der Waals surface area contributed by atoms with Gasteiger partial charge in [0.15, 0.2) is 11.9 Å². The predicted octanol–water partition coefficient (Wildman–Crippen LogP) is -0.365. The van der Waals surface area contributed by atoms with Gasteiger partial charge in [0, 0.05) is 82.1 Å². The van der Waals surface area contributed by atoms with Crippen molar-refractivity contribution in [3.63, 3.8) is 0 Å². The number of carbonyl (C=O) groups excluding carboxylic acids is 16. The van der Waals surface area contributed by atoms with Crippen LogP contribution in [-0.2, 0) is 114 Å². The van der Waals surface area contributed by atoms with E-state index in [1.807, 2.05) is 30.3 Å². The number of carboxylic acids is 1. The highest BCUT2D eigenvalue weighted by Gasteiger charge is 2.42. The first-order valence-electron chi connectivity index (χ1n) is 47.8. The summed E-state index contributed by atoms with van der Waals surface area (Å²) in [5.41, 5.74) is 21.1. The second-order valence-corrected chi connectivity index (χ2v) is 37.8. The lowest BCUT2D eigenvalue weighted by atomic mass is 9.98. The average Bonchev–Trinajstić information content (AvgIpc) is 1.37. The summed E-state index contributed by atoms with van der Waals surface area (Å²) in [7, 11) is 2.61. The van der Waals surface area contributed by atoms with E-state index in [-0.39, 0.29) is 100 Å². The lowest BCUT2D eigenvalue weighted by Crippen LogP contribution is -2.62. The molecule has 0 unspecified atom stereocenters. The molecular formula is C101H135N23O20S. The first-order chi connectivity index (χ1) is 69.0. The Kier molecular flexibility index (Phi) is 45.1. The zero-order valence-electron chi connectivity index (χ0n) is 82.5. The number of amides is 16. The Balaban J connectivity index is 1.24. The number of guanidine groups is 2. The Hall–Kier alpha value is -15.5. The molecule has 0 spiro atoms. The van der Waals surface area contributed by atoms with Gasteiger partial charge in [0.1, 0.15) is 90.3 Å². The molecule has 43 nitrogen and oxygen atoms in total. The molecule has 145 heavy (non-hydrogen) atoms. The van der Waals surface area contributed by atoms with E-state index >= 15 is 47.9 Å². The van der Waals surface area contributed by atoms with Crippen LogP contribution in [0.5, 0.6) is 5.75 Å².